The van der Waals surface area contributed by atoms with Gasteiger partial charge in [-0.05, 0) is 30.3 Å². The maximum absolute atomic E-state index is 12.3. The molecule has 1 aromatic heterocycles. The Kier molecular flexibility index (Phi) is 4.43. The highest BCUT2D eigenvalue weighted by Gasteiger charge is 2.07. The lowest BCUT2D eigenvalue weighted by Gasteiger charge is -2.04. The molecule has 122 valence electrons. The number of benzene rings is 2. The topological polar surface area (TPSA) is 75.5 Å². The molecule has 3 rings (SSSR count). The Bertz CT molecular complexity index is 987. The van der Waals surface area contributed by atoms with Crippen molar-refractivity contribution in [3.8, 4) is 0 Å². The number of aryl methyl sites for hydroxylation is 1. The summed E-state index contributed by atoms with van der Waals surface area (Å²) in [5.74, 6) is -0.519. The molecule has 0 saturated carbocycles. The Morgan fingerprint density at radius 2 is 1.92 bits per heavy atom. The van der Waals surface area contributed by atoms with E-state index in [4.69, 9.17) is 0 Å². The normalized spacial score (nSPS) is 11.5. The predicted octanol–water partition coefficient (Wildman–Crippen LogP) is 2.44. The lowest BCUT2D eigenvalue weighted by molar-refractivity contribution is -0.114. The van der Waals surface area contributed by atoms with Crippen molar-refractivity contribution in [3.05, 3.63) is 58.9 Å². The second-order valence-electron chi connectivity index (χ2n) is 5.23. The van der Waals surface area contributed by atoms with E-state index >= 15 is 0 Å². The Balaban J connectivity index is 1.84. The number of nitrogens with one attached hydrogen (secondary N) is 2. The molecule has 3 aromatic rings. The average molecular weight is 340 g/mol. The molecular formula is C17H16N4O2S. The highest BCUT2D eigenvalue weighted by Crippen LogP contribution is 2.15. The summed E-state index contributed by atoms with van der Waals surface area (Å²) in [7, 11) is 1.90. The molecule has 1 heterocycles. The Morgan fingerprint density at radius 1 is 1.12 bits per heavy atom. The van der Waals surface area contributed by atoms with Crippen LogP contribution in [0.15, 0.2) is 53.6 Å². The van der Waals surface area contributed by atoms with Gasteiger partial charge in [0.1, 0.15) is 0 Å². The first-order valence-corrected chi connectivity index (χ1v) is 8.12. The standard InChI is InChI=1S/C17H16N4O2S/c1-11(22)18-13-7-5-6-12(10-13)16(23)19-20-17-21(2)14-8-3-4-9-15(14)24-17/h3-10H,1-2H3,(H,18,22)(H,19,23)/b20-17+. The fraction of sp³-hybridized carbons (Fsp3) is 0.118. The number of para-hydroxylation sites is 1. The van der Waals surface area contributed by atoms with Crippen LogP contribution in [0.3, 0.4) is 0 Å². The molecule has 6 nitrogen and oxygen atoms in total. The number of nitrogens with zero attached hydrogens (tertiary/aromatic N) is 2. The van der Waals surface area contributed by atoms with Crippen molar-refractivity contribution in [2.45, 2.75) is 6.92 Å². The van der Waals surface area contributed by atoms with Crippen LogP contribution >= 0.6 is 11.3 Å². The van der Waals surface area contributed by atoms with Gasteiger partial charge in [0.2, 0.25) is 10.7 Å². The van der Waals surface area contributed by atoms with Crippen molar-refractivity contribution in [2.24, 2.45) is 12.1 Å². The zero-order valence-electron chi connectivity index (χ0n) is 13.2. The van der Waals surface area contributed by atoms with Crippen LogP contribution in [0.2, 0.25) is 0 Å². The monoisotopic (exact) mass is 340 g/mol. The Hall–Kier alpha value is -2.93. The first kappa shape index (κ1) is 15.9. The van der Waals surface area contributed by atoms with Gasteiger partial charge in [0.25, 0.3) is 5.91 Å². The molecule has 2 N–H and O–H groups in total. The van der Waals surface area contributed by atoms with E-state index in [9.17, 15) is 9.59 Å². The van der Waals surface area contributed by atoms with Crippen molar-refractivity contribution >= 4 is 39.1 Å². The molecule has 2 amide bonds. The van der Waals surface area contributed by atoms with Gasteiger partial charge in [-0.2, -0.15) is 0 Å². The summed E-state index contributed by atoms with van der Waals surface area (Å²) in [6, 6.07) is 14.7. The molecule has 0 fully saturated rings. The average Bonchev–Trinajstić information content (AvgIpc) is 2.89. The lowest BCUT2D eigenvalue weighted by Crippen LogP contribution is -2.23. The van der Waals surface area contributed by atoms with E-state index in [0.717, 1.165) is 10.2 Å². The third-order valence-electron chi connectivity index (χ3n) is 3.41. The van der Waals surface area contributed by atoms with Crippen LogP contribution in [0.4, 0.5) is 5.69 Å². The van der Waals surface area contributed by atoms with Crippen molar-refractivity contribution in [1.29, 1.82) is 0 Å². The molecule has 2 aromatic carbocycles. The highest BCUT2D eigenvalue weighted by atomic mass is 32.1. The van der Waals surface area contributed by atoms with E-state index < -0.39 is 0 Å². The molecule has 24 heavy (non-hydrogen) atoms. The van der Waals surface area contributed by atoms with Gasteiger partial charge in [0, 0.05) is 25.2 Å². The lowest BCUT2D eigenvalue weighted by atomic mass is 10.2. The fourth-order valence-corrected chi connectivity index (χ4v) is 3.27. The summed E-state index contributed by atoms with van der Waals surface area (Å²) in [5, 5.41) is 6.85. The van der Waals surface area contributed by atoms with Gasteiger partial charge < -0.3 is 9.88 Å². The predicted molar refractivity (Wildman–Crippen MR) is 94.6 cm³/mol. The number of hydrogen-bond donors (Lipinski definition) is 2. The minimum Gasteiger partial charge on any atom is -0.326 e. The van der Waals surface area contributed by atoms with Crippen molar-refractivity contribution in [1.82, 2.24) is 9.99 Å². The van der Waals surface area contributed by atoms with Gasteiger partial charge in [-0.15, -0.1) is 5.10 Å². The van der Waals surface area contributed by atoms with Crippen LogP contribution in [0.5, 0.6) is 0 Å². The molecule has 0 unspecified atom stereocenters. The molecule has 7 heteroatoms. The largest absolute Gasteiger partial charge is 0.326 e. The van der Waals surface area contributed by atoms with Crippen molar-refractivity contribution in [3.63, 3.8) is 0 Å². The minimum absolute atomic E-state index is 0.186. The minimum atomic E-state index is -0.334. The molecule has 0 saturated heterocycles. The molecule has 0 radical (unpaired) electrons. The van der Waals surface area contributed by atoms with E-state index in [-0.39, 0.29) is 11.8 Å². The number of amides is 2. The van der Waals surface area contributed by atoms with Gasteiger partial charge >= 0.3 is 0 Å². The van der Waals surface area contributed by atoms with Gasteiger partial charge in [0.15, 0.2) is 0 Å². The number of hydrogen-bond acceptors (Lipinski definition) is 4. The van der Waals surface area contributed by atoms with Crippen LogP contribution in [-0.2, 0) is 11.8 Å². The second kappa shape index (κ2) is 6.67. The number of fused-ring (bicyclic) bond motifs is 1. The summed E-state index contributed by atoms with van der Waals surface area (Å²) in [4.78, 5) is 24.1. The van der Waals surface area contributed by atoms with Crippen molar-refractivity contribution < 1.29 is 9.59 Å². The van der Waals surface area contributed by atoms with Crippen molar-refractivity contribution in [2.75, 3.05) is 5.32 Å². The van der Waals surface area contributed by atoms with Gasteiger partial charge in [-0.25, -0.2) is 5.43 Å². The SMILES string of the molecule is CC(=O)Nc1cccc(C(=O)N/N=c2/sc3ccccc3n2C)c1. The number of anilines is 1. The van der Waals surface area contributed by atoms with Crippen LogP contribution in [0.1, 0.15) is 17.3 Å². The third kappa shape index (κ3) is 3.36. The van der Waals surface area contributed by atoms with Crippen LogP contribution in [0, 0.1) is 0 Å². The van der Waals surface area contributed by atoms with Gasteiger partial charge in [0.05, 0.1) is 10.2 Å². The summed E-state index contributed by atoms with van der Waals surface area (Å²) >= 11 is 1.50. The van der Waals surface area contributed by atoms with E-state index in [0.29, 0.717) is 16.1 Å². The Morgan fingerprint density at radius 3 is 2.67 bits per heavy atom. The number of carbonyl (C=O) groups excluding carboxylic acids is 2. The molecule has 0 aliphatic heterocycles. The second-order valence-corrected chi connectivity index (χ2v) is 6.24. The van der Waals surface area contributed by atoms with E-state index in [1.54, 1.807) is 24.3 Å². The summed E-state index contributed by atoms with van der Waals surface area (Å²) < 4.78 is 3.02. The number of aromatic nitrogens is 1. The summed E-state index contributed by atoms with van der Waals surface area (Å²) in [6.45, 7) is 1.42. The number of rotatable bonds is 3. The highest BCUT2D eigenvalue weighted by molar-refractivity contribution is 7.16. The smallest absolute Gasteiger partial charge is 0.271 e. The van der Waals surface area contributed by atoms with Crippen LogP contribution in [-0.4, -0.2) is 16.4 Å². The van der Waals surface area contributed by atoms with E-state index in [1.165, 1.54) is 18.3 Å². The van der Waals surface area contributed by atoms with E-state index in [1.807, 2.05) is 35.9 Å². The summed E-state index contributed by atoms with van der Waals surface area (Å²) in [6.07, 6.45) is 0. The zero-order valence-corrected chi connectivity index (χ0v) is 14.1. The van der Waals surface area contributed by atoms with Gasteiger partial charge in [-0.1, -0.05) is 29.5 Å². The number of thiazole rings is 1. The number of carbonyl (C=O) groups is 2. The molecule has 0 aliphatic carbocycles. The quantitative estimate of drug-likeness (QED) is 0.719. The van der Waals surface area contributed by atoms with Gasteiger partial charge in [-0.3, -0.25) is 9.59 Å². The first-order valence-electron chi connectivity index (χ1n) is 7.31. The first-order chi connectivity index (χ1) is 11.5. The summed E-state index contributed by atoms with van der Waals surface area (Å²) in [5.41, 5.74) is 4.62. The Labute approximate surface area is 142 Å². The molecule has 0 bridgehead atoms. The van der Waals surface area contributed by atoms with Crippen LogP contribution < -0.4 is 15.5 Å². The molecular weight excluding hydrogens is 324 g/mol. The van der Waals surface area contributed by atoms with E-state index in [2.05, 4.69) is 15.8 Å². The molecule has 0 aliphatic rings. The maximum Gasteiger partial charge on any atom is 0.271 e. The maximum atomic E-state index is 12.3. The molecule has 0 atom stereocenters. The third-order valence-corrected chi connectivity index (χ3v) is 4.53. The molecule has 0 spiro atoms. The fourth-order valence-electron chi connectivity index (χ4n) is 2.29. The van der Waals surface area contributed by atoms with Crippen LogP contribution in [0.25, 0.3) is 10.2 Å². The zero-order chi connectivity index (χ0) is 17.1.